The summed E-state index contributed by atoms with van der Waals surface area (Å²) in [6.45, 7) is 4.37. The molecule has 9 heteroatoms. The Balaban J connectivity index is 2.11. The molecule has 1 aromatic rings. The van der Waals surface area contributed by atoms with Crippen LogP contribution in [0.4, 0.5) is 5.69 Å². The van der Waals surface area contributed by atoms with Crippen molar-refractivity contribution in [3.8, 4) is 0 Å². The van der Waals surface area contributed by atoms with Crippen LogP contribution in [0.2, 0.25) is 0 Å². The Kier molecular flexibility index (Phi) is 8.75. The standard InChI is InChI=1S/C20H27N3O6/c1-3-28-12-13-29-11-9-22-15-7-4-6-14-17(15)20(27)23(19(14)26)16(8-5-10-24)18(25)21-2/h4,6-7,10,16,22H,3,5,8-9,11-13H2,1-2H3,(H,21,25). The normalized spacial score (nSPS) is 13.9. The molecule has 0 aliphatic carbocycles. The van der Waals surface area contributed by atoms with Gasteiger partial charge >= 0.3 is 0 Å². The SMILES string of the molecule is CCOCCOCCNc1cccc2c1C(=O)N(C(CCC=O)C(=O)NC)C2=O. The third-order valence-corrected chi connectivity index (χ3v) is 4.50. The second-order valence-electron chi connectivity index (χ2n) is 6.32. The molecule has 1 atom stereocenters. The lowest BCUT2D eigenvalue weighted by Crippen LogP contribution is -2.48. The Morgan fingerprint density at radius 1 is 1.17 bits per heavy atom. The molecular weight excluding hydrogens is 378 g/mol. The maximum Gasteiger partial charge on any atom is 0.264 e. The molecule has 9 nitrogen and oxygen atoms in total. The van der Waals surface area contributed by atoms with Crippen LogP contribution in [0, 0.1) is 0 Å². The Labute approximate surface area is 169 Å². The van der Waals surface area contributed by atoms with Crippen molar-refractivity contribution in [3.63, 3.8) is 0 Å². The summed E-state index contributed by atoms with van der Waals surface area (Å²) in [5.74, 6) is -1.58. The summed E-state index contributed by atoms with van der Waals surface area (Å²) < 4.78 is 10.6. The maximum atomic E-state index is 13.0. The van der Waals surface area contributed by atoms with Crippen LogP contribution in [0.1, 0.15) is 40.5 Å². The second kappa shape index (κ2) is 11.3. The van der Waals surface area contributed by atoms with Gasteiger partial charge in [-0.25, -0.2) is 0 Å². The van der Waals surface area contributed by atoms with Gasteiger partial charge in [-0.15, -0.1) is 0 Å². The van der Waals surface area contributed by atoms with Gasteiger partial charge in [0.05, 0.1) is 30.9 Å². The van der Waals surface area contributed by atoms with Gasteiger partial charge in [0.15, 0.2) is 0 Å². The van der Waals surface area contributed by atoms with E-state index in [-0.39, 0.29) is 24.0 Å². The van der Waals surface area contributed by atoms with E-state index >= 15 is 0 Å². The fraction of sp³-hybridized carbons (Fsp3) is 0.500. The van der Waals surface area contributed by atoms with Gasteiger partial charge in [-0.1, -0.05) is 6.07 Å². The molecular formula is C20H27N3O6. The molecule has 1 unspecified atom stereocenters. The van der Waals surface area contributed by atoms with Crippen molar-refractivity contribution in [2.75, 3.05) is 45.3 Å². The van der Waals surface area contributed by atoms with E-state index in [9.17, 15) is 19.2 Å². The van der Waals surface area contributed by atoms with E-state index in [1.54, 1.807) is 18.2 Å². The number of carbonyl (C=O) groups is 4. The number of rotatable bonds is 13. The molecule has 3 amide bonds. The second-order valence-corrected chi connectivity index (χ2v) is 6.32. The van der Waals surface area contributed by atoms with Crippen LogP contribution in [0.15, 0.2) is 18.2 Å². The average molecular weight is 405 g/mol. The molecule has 0 aromatic heterocycles. The lowest BCUT2D eigenvalue weighted by atomic mass is 10.1. The first kappa shape index (κ1) is 22.5. The zero-order chi connectivity index (χ0) is 21.2. The smallest absolute Gasteiger partial charge is 0.264 e. The number of hydrogen-bond donors (Lipinski definition) is 2. The van der Waals surface area contributed by atoms with Gasteiger partial charge in [-0.2, -0.15) is 0 Å². The largest absolute Gasteiger partial charge is 0.382 e. The lowest BCUT2D eigenvalue weighted by molar-refractivity contribution is -0.124. The van der Waals surface area contributed by atoms with Crippen LogP contribution >= 0.6 is 0 Å². The minimum Gasteiger partial charge on any atom is -0.382 e. The van der Waals surface area contributed by atoms with Crippen molar-refractivity contribution in [1.29, 1.82) is 0 Å². The number of ether oxygens (including phenoxy) is 2. The number of benzene rings is 1. The molecule has 0 saturated heterocycles. The van der Waals surface area contributed by atoms with E-state index in [1.165, 1.54) is 7.05 Å². The number of aldehydes is 1. The molecule has 1 aliphatic rings. The maximum absolute atomic E-state index is 13.0. The zero-order valence-electron chi connectivity index (χ0n) is 16.7. The number of carbonyl (C=O) groups excluding carboxylic acids is 4. The lowest BCUT2D eigenvalue weighted by Gasteiger charge is -2.24. The van der Waals surface area contributed by atoms with E-state index in [2.05, 4.69) is 10.6 Å². The van der Waals surface area contributed by atoms with Crippen molar-refractivity contribution >= 4 is 29.7 Å². The molecule has 29 heavy (non-hydrogen) atoms. The van der Waals surface area contributed by atoms with E-state index < -0.39 is 23.8 Å². The highest BCUT2D eigenvalue weighted by Crippen LogP contribution is 2.31. The topological polar surface area (TPSA) is 114 Å². The average Bonchev–Trinajstić information content (AvgIpc) is 2.99. The minimum atomic E-state index is -1.03. The molecule has 0 fully saturated rings. The molecule has 0 radical (unpaired) electrons. The summed E-state index contributed by atoms with van der Waals surface area (Å²) in [6.07, 6.45) is 0.799. The predicted molar refractivity (Wildman–Crippen MR) is 106 cm³/mol. The highest BCUT2D eigenvalue weighted by atomic mass is 16.5. The van der Waals surface area contributed by atoms with Crippen molar-refractivity contribution < 1.29 is 28.7 Å². The minimum absolute atomic E-state index is 0.0652. The number of likely N-dealkylation sites (N-methyl/N-ethyl adjacent to an activating group) is 1. The summed E-state index contributed by atoms with van der Waals surface area (Å²) in [6, 6.07) is 3.90. The molecule has 2 N–H and O–H groups in total. The van der Waals surface area contributed by atoms with Crippen LogP contribution in [-0.4, -0.2) is 75.0 Å². The fourth-order valence-corrected chi connectivity index (χ4v) is 3.13. The molecule has 2 rings (SSSR count). The van der Waals surface area contributed by atoms with Gasteiger partial charge < -0.3 is 24.9 Å². The summed E-state index contributed by atoms with van der Waals surface area (Å²) >= 11 is 0. The quantitative estimate of drug-likeness (QED) is 0.284. The van der Waals surface area contributed by atoms with E-state index in [4.69, 9.17) is 9.47 Å². The Bertz CT molecular complexity index is 752. The molecule has 0 spiro atoms. The van der Waals surface area contributed by atoms with Crippen LogP contribution in [0.5, 0.6) is 0 Å². The van der Waals surface area contributed by atoms with Crippen molar-refractivity contribution in [2.24, 2.45) is 0 Å². The molecule has 0 saturated carbocycles. The Hall–Kier alpha value is -2.78. The number of imide groups is 1. The van der Waals surface area contributed by atoms with Gasteiger partial charge in [-0.3, -0.25) is 19.3 Å². The molecule has 1 aromatic carbocycles. The number of fused-ring (bicyclic) bond motifs is 1. The van der Waals surface area contributed by atoms with Crippen LogP contribution in [0.25, 0.3) is 0 Å². The van der Waals surface area contributed by atoms with Gasteiger partial charge in [0.1, 0.15) is 12.3 Å². The van der Waals surface area contributed by atoms with Crippen molar-refractivity contribution in [3.05, 3.63) is 29.3 Å². The number of nitrogens with one attached hydrogen (secondary N) is 2. The zero-order valence-corrected chi connectivity index (χ0v) is 16.7. The monoisotopic (exact) mass is 405 g/mol. The van der Waals surface area contributed by atoms with Crippen molar-refractivity contribution in [1.82, 2.24) is 10.2 Å². The van der Waals surface area contributed by atoms with Gasteiger partial charge in [0.2, 0.25) is 5.91 Å². The number of amides is 3. The first-order chi connectivity index (χ1) is 14.1. The van der Waals surface area contributed by atoms with Crippen LogP contribution in [-0.2, 0) is 19.1 Å². The Morgan fingerprint density at radius 3 is 2.62 bits per heavy atom. The third-order valence-electron chi connectivity index (χ3n) is 4.50. The molecule has 1 aliphatic heterocycles. The number of nitrogens with zero attached hydrogens (tertiary/aromatic N) is 1. The third kappa shape index (κ3) is 5.39. The van der Waals surface area contributed by atoms with E-state index in [0.717, 1.165) is 4.90 Å². The highest BCUT2D eigenvalue weighted by Gasteiger charge is 2.43. The summed E-state index contributed by atoms with van der Waals surface area (Å²) in [5, 5.41) is 5.56. The number of anilines is 1. The van der Waals surface area contributed by atoms with Crippen LogP contribution in [0.3, 0.4) is 0 Å². The summed E-state index contributed by atoms with van der Waals surface area (Å²) in [7, 11) is 1.42. The molecule has 1 heterocycles. The number of hydrogen-bond acceptors (Lipinski definition) is 7. The molecule has 158 valence electrons. The van der Waals surface area contributed by atoms with Crippen molar-refractivity contribution in [2.45, 2.75) is 25.8 Å². The van der Waals surface area contributed by atoms with Gasteiger partial charge in [-0.05, 0) is 25.5 Å². The first-order valence-electron chi connectivity index (χ1n) is 9.62. The van der Waals surface area contributed by atoms with Gasteiger partial charge in [0.25, 0.3) is 11.8 Å². The highest BCUT2D eigenvalue weighted by molar-refractivity contribution is 6.25. The Morgan fingerprint density at radius 2 is 1.93 bits per heavy atom. The summed E-state index contributed by atoms with van der Waals surface area (Å²) in [5.41, 5.74) is 0.965. The van der Waals surface area contributed by atoms with Crippen LogP contribution < -0.4 is 10.6 Å². The van der Waals surface area contributed by atoms with E-state index in [0.29, 0.717) is 44.9 Å². The fourth-order valence-electron chi connectivity index (χ4n) is 3.13. The van der Waals surface area contributed by atoms with E-state index in [1.807, 2.05) is 6.92 Å². The molecule has 0 bridgehead atoms. The summed E-state index contributed by atoms with van der Waals surface area (Å²) in [4.78, 5) is 49.8. The van der Waals surface area contributed by atoms with Gasteiger partial charge in [0, 0.05) is 32.3 Å². The predicted octanol–water partition coefficient (Wildman–Crippen LogP) is 0.841. The first-order valence-corrected chi connectivity index (χ1v) is 9.62.